The standard InChI is InChI=1S/C14H18N2/c1-3-4-9-15-13-8-7-12-6-5-10-16(2)14(12)11-13/h5-8,10-11H,3-4,9H2,1-2H3/p+1. The lowest BCUT2D eigenvalue weighted by Gasteiger charge is -2.05. The predicted molar refractivity (Wildman–Crippen MR) is 68.5 cm³/mol. The number of rotatable bonds is 4. The largest absolute Gasteiger partial charge is 0.385 e. The summed E-state index contributed by atoms with van der Waals surface area (Å²) in [6, 6.07) is 10.8. The lowest BCUT2D eigenvalue weighted by Crippen LogP contribution is -2.27. The summed E-state index contributed by atoms with van der Waals surface area (Å²) < 4.78 is 2.15. The van der Waals surface area contributed by atoms with Gasteiger partial charge in [0.2, 0.25) is 5.52 Å². The Hall–Kier alpha value is -1.57. The minimum Gasteiger partial charge on any atom is -0.385 e. The smallest absolute Gasteiger partial charge is 0.214 e. The maximum Gasteiger partial charge on any atom is 0.214 e. The van der Waals surface area contributed by atoms with E-state index in [4.69, 9.17) is 0 Å². The summed E-state index contributed by atoms with van der Waals surface area (Å²) in [6.07, 6.45) is 4.53. The van der Waals surface area contributed by atoms with Crippen LogP contribution in [-0.2, 0) is 7.05 Å². The van der Waals surface area contributed by atoms with E-state index in [2.05, 4.69) is 60.4 Å². The van der Waals surface area contributed by atoms with Crippen LogP contribution in [0.3, 0.4) is 0 Å². The summed E-state index contributed by atoms with van der Waals surface area (Å²) in [5.41, 5.74) is 2.48. The number of aryl methyl sites for hydroxylation is 1. The Balaban J connectivity index is 2.25. The van der Waals surface area contributed by atoms with Crippen molar-refractivity contribution in [1.29, 1.82) is 0 Å². The number of hydrogen-bond acceptors (Lipinski definition) is 1. The van der Waals surface area contributed by atoms with Crippen LogP contribution in [0.15, 0.2) is 36.5 Å². The molecule has 2 rings (SSSR count). The van der Waals surface area contributed by atoms with Gasteiger partial charge in [0.05, 0.1) is 0 Å². The van der Waals surface area contributed by atoms with Crippen LogP contribution in [0.2, 0.25) is 0 Å². The van der Waals surface area contributed by atoms with E-state index in [0.717, 1.165) is 6.54 Å². The van der Waals surface area contributed by atoms with Crippen LogP contribution in [0.5, 0.6) is 0 Å². The second kappa shape index (κ2) is 4.97. The van der Waals surface area contributed by atoms with Crippen molar-refractivity contribution in [1.82, 2.24) is 0 Å². The molecule has 16 heavy (non-hydrogen) atoms. The number of fused-ring (bicyclic) bond motifs is 1. The Morgan fingerprint density at radius 1 is 1.25 bits per heavy atom. The fourth-order valence-electron chi connectivity index (χ4n) is 1.87. The van der Waals surface area contributed by atoms with Crippen LogP contribution < -0.4 is 9.88 Å². The first-order valence-electron chi connectivity index (χ1n) is 5.93. The highest BCUT2D eigenvalue weighted by Gasteiger charge is 2.04. The molecule has 1 heterocycles. The number of nitrogens with zero attached hydrogens (tertiary/aromatic N) is 1. The van der Waals surface area contributed by atoms with E-state index in [0.29, 0.717) is 0 Å². The molecule has 0 unspecified atom stereocenters. The van der Waals surface area contributed by atoms with Gasteiger partial charge in [-0.1, -0.05) is 13.3 Å². The summed E-state index contributed by atoms with van der Waals surface area (Å²) in [5, 5.41) is 4.73. The molecule has 2 aromatic rings. The second-order valence-corrected chi connectivity index (χ2v) is 4.17. The number of benzene rings is 1. The molecule has 0 atom stereocenters. The molecule has 0 fully saturated rings. The van der Waals surface area contributed by atoms with Crippen LogP contribution in [0.25, 0.3) is 10.9 Å². The van der Waals surface area contributed by atoms with E-state index in [1.54, 1.807) is 0 Å². The molecule has 2 nitrogen and oxygen atoms in total. The number of anilines is 1. The molecule has 0 radical (unpaired) electrons. The fourth-order valence-corrected chi connectivity index (χ4v) is 1.87. The third kappa shape index (κ3) is 2.32. The maximum atomic E-state index is 3.45. The summed E-state index contributed by atoms with van der Waals surface area (Å²) in [4.78, 5) is 0. The molecule has 1 N–H and O–H groups in total. The molecule has 0 amide bonds. The van der Waals surface area contributed by atoms with Crippen molar-refractivity contribution < 1.29 is 4.57 Å². The molecule has 1 aromatic carbocycles. The Labute approximate surface area is 96.9 Å². The molecule has 0 saturated heterocycles. The number of nitrogens with one attached hydrogen (secondary N) is 1. The highest BCUT2D eigenvalue weighted by atomic mass is 14.9. The molecule has 84 valence electrons. The molecule has 2 heteroatoms. The quantitative estimate of drug-likeness (QED) is 0.612. The van der Waals surface area contributed by atoms with Gasteiger partial charge in [-0.15, -0.1) is 0 Å². The average Bonchev–Trinajstić information content (AvgIpc) is 2.30. The van der Waals surface area contributed by atoms with Crippen molar-refractivity contribution in [3.63, 3.8) is 0 Å². The molecule has 1 aromatic heterocycles. The molecule has 0 aliphatic rings. The minimum absolute atomic E-state index is 1.05. The van der Waals surface area contributed by atoms with Crippen molar-refractivity contribution in [2.45, 2.75) is 19.8 Å². The molecular formula is C14H19N2+. The van der Waals surface area contributed by atoms with E-state index in [1.807, 2.05) is 0 Å². The normalized spacial score (nSPS) is 10.6. The van der Waals surface area contributed by atoms with Crippen molar-refractivity contribution in [2.24, 2.45) is 7.05 Å². The molecule has 0 saturated carbocycles. The zero-order valence-electron chi connectivity index (χ0n) is 10.0. The SMILES string of the molecule is CCCCNc1ccc2ccc[n+](C)c2c1. The number of unbranched alkanes of at least 4 members (excludes halogenated alkanes) is 1. The molecular weight excluding hydrogens is 196 g/mol. The lowest BCUT2D eigenvalue weighted by atomic mass is 10.2. The number of aromatic nitrogens is 1. The molecule has 0 bridgehead atoms. The number of pyridine rings is 1. The van der Waals surface area contributed by atoms with Gasteiger partial charge in [0.15, 0.2) is 6.20 Å². The van der Waals surface area contributed by atoms with E-state index in [-0.39, 0.29) is 0 Å². The van der Waals surface area contributed by atoms with Crippen molar-refractivity contribution >= 4 is 16.6 Å². The summed E-state index contributed by atoms with van der Waals surface area (Å²) >= 11 is 0. The van der Waals surface area contributed by atoms with E-state index in [9.17, 15) is 0 Å². The summed E-state index contributed by atoms with van der Waals surface area (Å²) in [6.45, 7) is 3.26. The Morgan fingerprint density at radius 3 is 2.94 bits per heavy atom. The van der Waals surface area contributed by atoms with Gasteiger partial charge in [-0.2, -0.15) is 0 Å². The molecule has 0 aliphatic heterocycles. The molecule has 0 spiro atoms. The number of hydrogen-bond donors (Lipinski definition) is 1. The third-order valence-electron chi connectivity index (χ3n) is 2.86. The highest BCUT2D eigenvalue weighted by molar-refractivity contribution is 5.79. The van der Waals surface area contributed by atoms with E-state index in [1.165, 1.54) is 29.4 Å². The lowest BCUT2D eigenvalue weighted by molar-refractivity contribution is -0.644. The first-order valence-corrected chi connectivity index (χ1v) is 5.93. The van der Waals surface area contributed by atoms with Gasteiger partial charge in [0.25, 0.3) is 0 Å². The van der Waals surface area contributed by atoms with Gasteiger partial charge in [0.1, 0.15) is 7.05 Å². The first-order chi connectivity index (χ1) is 7.81. The topological polar surface area (TPSA) is 15.9 Å². The van der Waals surface area contributed by atoms with Crippen LogP contribution in [0, 0.1) is 0 Å². The fraction of sp³-hybridized carbons (Fsp3) is 0.357. The Bertz CT molecular complexity index is 477. The second-order valence-electron chi connectivity index (χ2n) is 4.17. The maximum absolute atomic E-state index is 3.45. The van der Waals surface area contributed by atoms with Crippen LogP contribution >= 0.6 is 0 Å². The third-order valence-corrected chi connectivity index (χ3v) is 2.86. The van der Waals surface area contributed by atoms with Gasteiger partial charge in [-0.3, -0.25) is 0 Å². The van der Waals surface area contributed by atoms with Crippen molar-refractivity contribution in [3.8, 4) is 0 Å². The minimum atomic E-state index is 1.05. The zero-order chi connectivity index (χ0) is 11.4. The van der Waals surface area contributed by atoms with Crippen LogP contribution in [0.4, 0.5) is 5.69 Å². The van der Waals surface area contributed by atoms with Crippen molar-refractivity contribution in [3.05, 3.63) is 36.5 Å². The summed E-state index contributed by atoms with van der Waals surface area (Å²) in [7, 11) is 2.08. The van der Waals surface area contributed by atoms with E-state index >= 15 is 0 Å². The predicted octanol–water partition coefficient (Wildman–Crippen LogP) is 2.88. The van der Waals surface area contributed by atoms with Gasteiger partial charge in [-0.25, -0.2) is 4.57 Å². The molecule has 0 aliphatic carbocycles. The van der Waals surface area contributed by atoms with Gasteiger partial charge >= 0.3 is 0 Å². The van der Waals surface area contributed by atoms with Gasteiger partial charge in [-0.05, 0) is 24.6 Å². The first kappa shape index (κ1) is 10.9. The van der Waals surface area contributed by atoms with Gasteiger partial charge in [0, 0.05) is 29.8 Å². The Morgan fingerprint density at radius 2 is 2.12 bits per heavy atom. The van der Waals surface area contributed by atoms with Gasteiger partial charge < -0.3 is 5.32 Å². The zero-order valence-corrected chi connectivity index (χ0v) is 10.0. The monoisotopic (exact) mass is 215 g/mol. The van der Waals surface area contributed by atoms with Crippen LogP contribution in [0.1, 0.15) is 19.8 Å². The summed E-state index contributed by atoms with van der Waals surface area (Å²) in [5.74, 6) is 0. The van der Waals surface area contributed by atoms with E-state index < -0.39 is 0 Å². The Kier molecular flexibility index (Phi) is 3.40. The van der Waals surface area contributed by atoms with Crippen LogP contribution in [-0.4, -0.2) is 6.54 Å². The average molecular weight is 215 g/mol. The highest BCUT2D eigenvalue weighted by Crippen LogP contribution is 2.15. The van der Waals surface area contributed by atoms with Crippen molar-refractivity contribution in [2.75, 3.05) is 11.9 Å².